The van der Waals surface area contributed by atoms with E-state index in [2.05, 4.69) is 4.98 Å². The van der Waals surface area contributed by atoms with Crippen molar-refractivity contribution in [1.82, 2.24) is 9.55 Å². The van der Waals surface area contributed by atoms with Crippen LogP contribution in [0.25, 0.3) is 16.7 Å². The molecule has 0 atom stereocenters. The minimum Gasteiger partial charge on any atom is -0.495 e. The summed E-state index contributed by atoms with van der Waals surface area (Å²) in [5.41, 5.74) is 10.9. The summed E-state index contributed by atoms with van der Waals surface area (Å²) in [6.07, 6.45) is 0. The van der Waals surface area contributed by atoms with Gasteiger partial charge < -0.3 is 10.5 Å². The van der Waals surface area contributed by atoms with Crippen LogP contribution in [0.3, 0.4) is 0 Å². The molecule has 2 N–H and O–H groups in total. The molecule has 3 aromatic rings. The van der Waals surface area contributed by atoms with E-state index in [0.29, 0.717) is 16.7 Å². The van der Waals surface area contributed by atoms with Gasteiger partial charge in [-0.1, -0.05) is 23.7 Å². The van der Waals surface area contributed by atoms with Crippen LogP contribution in [0.1, 0.15) is 11.1 Å². The number of nitrogen functional groups attached to an aromatic ring is 1. The molecule has 0 amide bonds. The SMILES string of the molecule is COc1cc(Cl)c(C)cc1-n1c(N)nc2cccc(C)c21. The lowest BCUT2D eigenvalue weighted by Crippen LogP contribution is -2.04. The molecule has 0 saturated carbocycles. The van der Waals surface area contributed by atoms with Gasteiger partial charge in [0.1, 0.15) is 5.75 Å². The first kappa shape index (κ1) is 13.8. The van der Waals surface area contributed by atoms with Crippen molar-refractivity contribution in [2.75, 3.05) is 12.8 Å². The van der Waals surface area contributed by atoms with Gasteiger partial charge in [0, 0.05) is 11.1 Å². The molecule has 1 aromatic heterocycles. The highest BCUT2D eigenvalue weighted by molar-refractivity contribution is 6.31. The number of halogens is 1. The smallest absolute Gasteiger partial charge is 0.206 e. The Labute approximate surface area is 128 Å². The van der Waals surface area contributed by atoms with Crippen molar-refractivity contribution in [2.24, 2.45) is 0 Å². The highest BCUT2D eigenvalue weighted by Gasteiger charge is 2.16. The lowest BCUT2D eigenvalue weighted by atomic mass is 10.1. The van der Waals surface area contributed by atoms with Gasteiger partial charge in [0.2, 0.25) is 5.95 Å². The normalized spacial score (nSPS) is 11.0. The van der Waals surface area contributed by atoms with Crippen LogP contribution in [0.15, 0.2) is 30.3 Å². The van der Waals surface area contributed by atoms with Crippen molar-refractivity contribution in [1.29, 1.82) is 0 Å². The zero-order chi connectivity index (χ0) is 15.1. The predicted molar refractivity (Wildman–Crippen MR) is 86.5 cm³/mol. The van der Waals surface area contributed by atoms with Gasteiger partial charge >= 0.3 is 0 Å². The van der Waals surface area contributed by atoms with Crippen molar-refractivity contribution >= 4 is 28.6 Å². The second-order valence-corrected chi connectivity index (χ2v) is 5.43. The van der Waals surface area contributed by atoms with Crippen molar-refractivity contribution in [2.45, 2.75) is 13.8 Å². The van der Waals surface area contributed by atoms with Gasteiger partial charge in [0.05, 0.1) is 23.8 Å². The fourth-order valence-corrected chi connectivity index (χ4v) is 2.70. The maximum absolute atomic E-state index is 6.18. The molecule has 0 radical (unpaired) electrons. The standard InChI is InChI=1S/C16H16ClN3O/c1-9-5-4-6-12-15(9)20(16(18)19-12)13-7-10(2)11(17)8-14(13)21-3/h4-8H,1-3H3,(H2,18,19). The van der Waals surface area contributed by atoms with Gasteiger partial charge in [0.15, 0.2) is 0 Å². The van der Waals surface area contributed by atoms with Crippen LogP contribution in [-0.2, 0) is 0 Å². The third kappa shape index (κ3) is 2.12. The first-order chi connectivity index (χ1) is 10.0. The maximum Gasteiger partial charge on any atom is 0.206 e. The molecule has 2 aromatic carbocycles. The molecular weight excluding hydrogens is 286 g/mol. The summed E-state index contributed by atoms with van der Waals surface area (Å²) in [7, 11) is 1.62. The van der Waals surface area contributed by atoms with Crippen molar-refractivity contribution in [3.05, 3.63) is 46.5 Å². The Balaban J connectivity index is 2.40. The van der Waals surface area contributed by atoms with E-state index in [-0.39, 0.29) is 0 Å². The number of rotatable bonds is 2. The summed E-state index contributed by atoms with van der Waals surface area (Å²) in [6.45, 7) is 3.99. The molecule has 0 saturated heterocycles. The van der Waals surface area contributed by atoms with Gasteiger partial charge in [-0.2, -0.15) is 0 Å². The molecule has 3 rings (SSSR count). The number of benzene rings is 2. The molecule has 0 aliphatic carbocycles. The number of ether oxygens (including phenoxy) is 1. The molecule has 0 unspecified atom stereocenters. The highest BCUT2D eigenvalue weighted by atomic mass is 35.5. The summed E-state index contributed by atoms with van der Waals surface area (Å²) >= 11 is 6.18. The first-order valence-corrected chi connectivity index (χ1v) is 6.98. The molecule has 0 fully saturated rings. The van der Waals surface area contributed by atoms with E-state index in [4.69, 9.17) is 22.1 Å². The van der Waals surface area contributed by atoms with Crippen molar-refractivity contribution < 1.29 is 4.74 Å². The molecule has 0 spiro atoms. The largest absolute Gasteiger partial charge is 0.495 e. The minimum atomic E-state index is 0.430. The van der Waals surface area contributed by atoms with E-state index >= 15 is 0 Å². The van der Waals surface area contributed by atoms with Crippen molar-refractivity contribution in [3.8, 4) is 11.4 Å². The second kappa shape index (κ2) is 4.97. The molecule has 0 bridgehead atoms. The third-order valence-electron chi connectivity index (χ3n) is 3.61. The quantitative estimate of drug-likeness (QED) is 0.781. The van der Waals surface area contributed by atoms with E-state index in [1.165, 1.54) is 0 Å². The highest BCUT2D eigenvalue weighted by Crippen LogP contribution is 2.34. The lowest BCUT2D eigenvalue weighted by molar-refractivity contribution is 0.413. The Morgan fingerprint density at radius 1 is 1.19 bits per heavy atom. The average molecular weight is 302 g/mol. The Kier molecular flexibility index (Phi) is 3.26. The molecular formula is C16H16ClN3O. The Bertz CT molecular complexity index is 839. The van der Waals surface area contributed by atoms with E-state index in [1.54, 1.807) is 13.2 Å². The molecule has 5 heteroatoms. The van der Waals surface area contributed by atoms with Crippen LogP contribution >= 0.6 is 11.6 Å². The van der Waals surface area contributed by atoms with Gasteiger partial charge in [-0.25, -0.2) is 4.98 Å². The summed E-state index contributed by atoms with van der Waals surface area (Å²) in [4.78, 5) is 4.43. The first-order valence-electron chi connectivity index (χ1n) is 6.61. The van der Waals surface area contributed by atoms with Crippen LogP contribution in [0, 0.1) is 13.8 Å². The Morgan fingerprint density at radius 2 is 1.95 bits per heavy atom. The van der Waals surface area contributed by atoms with Gasteiger partial charge in [-0.3, -0.25) is 4.57 Å². The van der Waals surface area contributed by atoms with Gasteiger partial charge in [-0.05, 0) is 37.1 Å². The third-order valence-corrected chi connectivity index (χ3v) is 4.01. The van der Waals surface area contributed by atoms with Gasteiger partial charge in [-0.15, -0.1) is 0 Å². The number of methoxy groups -OCH3 is 1. The number of fused-ring (bicyclic) bond motifs is 1. The fraction of sp³-hybridized carbons (Fsp3) is 0.188. The van der Waals surface area contributed by atoms with E-state index in [0.717, 1.165) is 27.8 Å². The molecule has 108 valence electrons. The zero-order valence-electron chi connectivity index (χ0n) is 12.1. The van der Waals surface area contributed by atoms with Crippen LogP contribution < -0.4 is 10.5 Å². The lowest BCUT2D eigenvalue weighted by Gasteiger charge is -2.14. The number of aryl methyl sites for hydroxylation is 2. The summed E-state index contributed by atoms with van der Waals surface area (Å²) in [5.74, 6) is 1.10. The molecule has 1 heterocycles. The average Bonchev–Trinajstić information content (AvgIpc) is 2.79. The summed E-state index contributed by atoms with van der Waals surface area (Å²) < 4.78 is 7.37. The number of hydrogen-bond donors (Lipinski definition) is 1. The number of nitrogens with two attached hydrogens (primary N) is 1. The maximum atomic E-state index is 6.18. The van der Waals surface area contributed by atoms with Crippen LogP contribution in [0.4, 0.5) is 5.95 Å². The number of aromatic nitrogens is 2. The Hall–Kier alpha value is -2.20. The van der Waals surface area contributed by atoms with E-state index in [1.807, 2.05) is 42.7 Å². The van der Waals surface area contributed by atoms with Crippen LogP contribution in [0.2, 0.25) is 5.02 Å². The number of imidazole rings is 1. The number of hydrogen-bond acceptors (Lipinski definition) is 3. The molecule has 0 aliphatic heterocycles. The van der Waals surface area contributed by atoms with E-state index in [9.17, 15) is 0 Å². The van der Waals surface area contributed by atoms with Crippen molar-refractivity contribution in [3.63, 3.8) is 0 Å². The Morgan fingerprint density at radius 3 is 2.67 bits per heavy atom. The fourth-order valence-electron chi connectivity index (χ4n) is 2.54. The second-order valence-electron chi connectivity index (χ2n) is 5.02. The summed E-state index contributed by atoms with van der Waals surface area (Å²) in [5, 5.41) is 0.662. The topological polar surface area (TPSA) is 53.1 Å². The molecule has 21 heavy (non-hydrogen) atoms. The number of nitrogens with zero attached hydrogens (tertiary/aromatic N) is 2. The van der Waals surface area contributed by atoms with Crippen LogP contribution in [-0.4, -0.2) is 16.7 Å². The molecule has 4 nitrogen and oxygen atoms in total. The number of anilines is 1. The molecule has 0 aliphatic rings. The zero-order valence-corrected chi connectivity index (χ0v) is 12.9. The number of para-hydroxylation sites is 1. The van der Waals surface area contributed by atoms with Crippen LogP contribution in [0.5, 0.6) is 5.75 Å². The summed E-state index contributed by atoms with van der Waals surface area (Å²) in [6, 6.07) is 9.72. The van der Waals surface area contributed by atoms with E-state index < -0.39 is 0 Å². The monoisotopic (exact) mass is 301 g/mol. The van der Waals surface area contributed by atoms with Gasteiger partial charge in [0.25, 0.3) is 0 Å². The minimum absolute atomic E-state index is 0.430. The predicted octanol–water partition coefficient (Wildman–Crippen LogP) is 3.89.